The number of imide groups is 1. The number of fused-ring (bicyclic) bond motifs is 1. The van der Waals surface area contributed by atoms with Crippen LogP contribution in [0.1, 0.15) is 61.5 Å². The van der Waals surface area contributed by atoms with Gasteiger partial charge in [0.2, 0.25) is 0 Å². The normalized spacial score (nSPS) is 16.8. The minimum Gasteiger partial charge on any atom is -0.348 e. The first-order chi connectivity index (χ1) is 14.0. The summed E-state index contributed by atoms with van der Waals surface area (Å²) in [4.78, 5) is 40.1. The highest BCUT2D eigenvalue weighted by atomic mass is 16.2. The van der Waals surface area contributed by atoms with E-state index in [4.69, 9.17) is 0 Å². The van der Waals surface area contributed by atoms with Crippen molar-refractivity contribution in [1.29, 1.82) is 0 Å². The molecule has 0 unspecified atom stereocenters. The van der Waals surface area contributed by atoms with Gasteiger partial charge in [-0.1, -0.05) is 30.7 Å². The molecular formula is C23H25N3O3. The molecular weight excluding hydrogens is 366 g/mol. The monoisotopic (exact) mass is 391 g/mol. The molecule has 1 saturated heterocycles. The fourth-order valence-corrected chi connectivity index (χ4v) is 3.93. The van der Waals surface area contributed by atoms with Crippen LogP contribution in [0.25, 0.3) is 0 Å². The van der Waals surface area contributed by atoms with Gasteiger partial charge in [-0.25, -0.2) is 0 Å². The lowest BCUT2D eigenvalue weighted by molar-refractivity contribution is 0.0693. The standard InChI is InChI=1S/C23H25N3O3/c1-25-22(28)19-10-9-18(13-20(19)23(25)29)21(27)24-14-16-5-7-17(8-6-16)15-26-11-3-2-4-12-26/h5-10,13H,2-4,11-12,14-15H2,1H3,(H,24,27). The van der Waals surface area contributed by atoms with Gasteiger partial charge in [-0.05, 0) is 55.3 Å². The van der Waals surface area contributed by atoms with E-state index in [1.165, 1.54) is 51.0 Å². The third-order valence-corrected chi connectivity index (χ3v) is 5.68. The lowest BCUT2D eigenvalue weighted by Crippen LogP contribution is -2.29. The maximum atomic E-state index is 12.5. The minimum atomic E-state index is -0.371. The first kappa shape index (κ1) is 19.3. The fourth-order valence-electron chi connectivity index (χ4n) is 3.93. The van der Waals surface area contributed by atoms with Crippen LogP contribution in [0.4, 0.5) is 0 Å². The van der Waals surface area contributed by atoms with Gasteiger partial charge in [0.05, 0.1) is 11.1 Å². The molecule has 0 saturated carbocycles. The number of hydrogen-bond acceptors (Lipinski definition) is 4. The number of carbonyl (C=O) groups is 3. The van der Waals surface area contributed by atoms with Crippen molar-refractivity contribution in [3.05, 3.63) is 70.3 Å². The van der Waals surface area contributed by atoms with Crippen LogP contribution in [-0.4, -0.2) is 47.7 Å². The van der Waals surface area contributed by atoms with E-state index in [1.807, 2.05) is 12.1 Å². The van der Waals surface area contributed by atoms with Gasteiger partial charge < -0.3 is 5.32 Å². The fraction of sp³-hybridized carbons (Fsp3) is 0.348. The molecule has 4 rings (SSSR count). The molecule has 0 radical (unpaired) electrons. The molecule has 0 aromatic heterocycles. The van der Waals surface area contributed by atoms with Gasteiger partial charge in [0.25, 0.3) is 17.7 Å². The van der Waals surface area contributed by atoms with Crippen molar-refractivity contribution in [2.24, 2.45) is 0 Å². The second kappa shape index (κ2) is 8.17. The zero-order valence-corrected chi connectivity index (χ0v) is 16.6. The Balaban J connectivity index is 1.35. The van der Waals surface area contributed by atoms with Crippen molar-refractivity contribution in [2.75, 3.05) is 20.1 Å². The van der Waals surface area contributed by atoms with Gasteiger partial charge >= 0.3 is 0 Å². The molecule has 6 heteroatoms. The van der Waals surface area contributed by atoms with Crippen LogP contribution in [0.5, 0.6) is 0 Å². The predicted octanol–water partition coefficient (Wildman–Crippen LogP) is 2.83. The molecule has 0 aliphatic carbocycles. The number of nitrogens with zero attached hydrogens (tertiary/aromatic N) is 2. The first-order valence-corrected chi connectivity index (χ1v) is 10.1. The summed E-state index contributed by atoms with van der Waals surface area (Å²) >= 11 is 0. The van der Waals surface area contributed by atoms with E-state index in [9.17, 15) is 14.4 Å². The third kappa shape index (κ3) is 4.07. The zero-order chi connectivity index (χ0) is 20.4. The summed E-state index contributed by atoms with van der Waals surface area (Å²) in [5.74, 6) is -0.967. The number of benzene rings is 2. The third-order valence-electron chi connectivity index (χ3n) is 5.68. The quantitative estimate of drug-likeness (QED) is 0.796. The first-order valence-electron chi connectivity index (χ1n) is 10.1. The van der Waals surface area contributed by atoms with E-state index in [0.29, 0.717) is 17.7 Å². The van der Waals surface area contributed by atoms with Crippen LogP contribution in [-0.2, 0) is 13.1 Å². The molecule has 0 spiro atoms. The van der Waals surface area contributed by atoms with E-state index in [0.717, 1.165) is 17.0 Å². The van der Waals surface area contributed by atoms with E-state index < -0.39 is 0 Å². The number of amides is 3. The van der Waals surface area contributed by atoms with Gasteiger partial charge in [-0.2, -0.15) is 0 Å². The van der Waals surface area contributed by atoms with Gasteiger partial charge in [0.15, 0.2) is 0 Å². The summed E-state index contributed by atoms with van der Waals surface area (Å²) in [5, 5.41) is 2.89. The number of nitrogens with one attached hydrogen (secondary N) is 1. The molecule has 2 aliphatic heterocycles. The molecule has 2 aliphatic rings. The minimum absolute atomic E-state index is 0.264. The van der Waals surface area contributed by atoms with Crippen molar-refractivity contribution in [3.63, 3.8) is 0 Å². The molecule has 0 atom stereocenters. The highest BCUT2D eigenvalue weighted by molar-refractivity contribution is 6.21. The van der Waals surface area contributed by atoms with Gasteiger partial charge in [0.1, 0.15) is 0 Å². The smallest absolute Gasteiger partial charge is 0.261 e. The Kier molecular flexibility index (Phi) is 5.45. The SMILES string of the molecule is CN1C(=O)c2ccc(C(=O)NCc3ccc(CN4CCCCC4)cc3)cc2C1=O. The summed E-state index contributed by atoms with van der Waals surface area (Å²) in [6.07, 6.45) is 3.90. The summed E-state index contributed by atoms with van der Waals surface area (Å²) in [6, 6.07) is 12.9. The number of hydrogen-bond donors (Lipinski definition) is 1. The molecule has 2 heterocycles. The number of rotatable bonds is 5. The maximum Gasteiger partial charge on any atom is 0.261 e. The predicted molar refractivity (Wildman–Crippen MR) is 110 cm³/mol. The molecule has 1 N–H and O–H groups in total. The van der Waals surface area contributed by atoms with Crippen molar-refractivity contribution >= 4 is 17.7 Å². The molecule has 3 amide bonds. The van der Waals surface area contributed by atoms with Crippen LogP contribution in [0.15, 0.2) is 42.5 Å². The molecule has 150 valence electrons. The topological polar surface area (TPSA) is 69.7 Å². The van der Waals surface area contributed by atoms with Crippen molar-refractivity contribution in [1.82, 2.24) is 15.1 Å². The molecule has 0 bridgehead atoms. The maximum absolute atomic E-state index is 12.5. The summed E-state index contributed by atoms with van der Waals surface area (Å²) in [6.45, 7) is 3.72. The van der Waals surface area contributed by atoms with E-state index >= 15 is 0 Å². The molecule has 29 heavy (non-hydrogen) atoms. The Morgan fingerprint density at radius 2 is 1.55 bits per heavy atom. The van der Waals surface area contributed by atoms with Crippen LogP contribution >= 0.6 is 0 Å². The van der Waals surface area contributed by atoms with Crippen LogP contribution in [0.3, 0.4) is 0 Å². The lowest BCUT2D eigenvalue weighted by atomic mass is 10.0. The number of piperidine rings is 1. The van der Waals surface area contributed by atoms with E-state index in [1.54, 1.807) is 12.1 Å². The molecule has 2 aromatic carbocycles. The molecule has 2 aromatic rings. The average molecular weight is 391 g/mol. The Hall–Kier alpha value is -2.99. The highest BCUT2D eigenvalue weighted by Gasteiger charge is 2.33. The average Bonchev–Trinajstić information content (AvgIpc) is 2.97. The Morgan fingerprint density at radius 3 is 2.28 bits per heavy atom. The number of likely N-dealkylation sites (tertiary alicyclic amines) is 1. The van der Waals surface area contributed by atoms with Gasteiger partial charge in [-0.15, -0.1) is 0 Å². The van der Waals surface area contributed by atoms with Gasteiger partial charge in [-0.3, -0.25) is 24.2 Å². The van der Waals surface area contributed by atoms with Gasteiger partial charge in [0, 0.05) is 25.7 Å². The highest BCUT2D eigenvalue weighted by Crippen LogP contribution is 2.22. The van der Waals surface area contributed by atoms with E-state index in [-0.39, 0.29) is 23.3 Å². The van der Waals surface area contributed by atoms with Crippen molar-refractivity contribution < 1.29 is 14.4 Å². The zero-order valence-electron chi connectivity index (χ0n) is 16.6. The van der Waals surface area contributed by atoms with Crippen molar-refractivity contribution in [2.45, 2.75) is 32.4 Å². The van der Waals surface area contributed by atoms with Crippen LogP contribution in [0.2, 0.25) is 0 Å². The van der Waals surface area contributed by atoms with Crippen LogP contribution < -0.4 is 5.32 Å². The lowest BCUT2D eigenvalue weighted by Gasteiger charge is -2.26. The largest absolute Gasteiger partial charge is 0.348 e. The summed E-state index contributed by atoms with van der Waals surface area (Å²) in [7, 11) is 1.44. The molecule has 1 fully saturated rings. The second-order valence-electron chi connectivity index (χ2n) is 7.77. The Morgan fingerprint density at radius 1 is 0.897 bits per heavy atom. The summed E-state index contributed by atoms with van der Waals surface area (Å²) in [5.41, 5.74) is 3.31. The Bertz CT molecular complexity index is 946. The Labute approximate surface area is 170 Å². The second-order valence-corrected chi connectivity index (χ2v) is 7.77. The summed E-state index contributed by atoms with van der Waals surface area (Å²) < 4.78 is 0. The van der Waals surface area contributed by atoms with E-state index in [2.05, 4.69) is 22.3 Å². The number of carbonyl (C=O) groups excluding carboxylic acids is 3. The van der Waals surface area contributed by atoms with Crippen LogP contribution in [0, 0.1) is 0 Å². The molecule has 6 nitrogen and oxygen atoms in total. The van der Waals surface area contributed by atoms with Crippen molar-refractivity contribution in [3.8, 4) is 0 Å².